The zero-order chi connectivity index (χ0) is 11.9. The maximum absolute atomic E-state index is 3.69. The Balaban J connectivity index is 1.68. The van der Waals surface area contributed by atoms with Crippen molar-refractivity contribution in [3.05, 3.63) is 35.9 Å². The van der Waals surface area contributed by atoms with Crippen LogP contribution in [0.4, 0.5) is 0 Å². The lowest BCUT2D eigenvalue weighted by Gasteiger charge is -2.32. The van der Waals surface area contributed by atoms with Crippen LogP contribution >= 0.6 is 0 Å². The molecular weight excluding hydrogens is 208 g/mol. The van der Waals surface area contributed by atoms with Gasteiger partial charge in [-0.2, -0.15) is 0 Å². The topological polar surface area (TPSA) is 15.3 Å². The second-order valence-electron chi connectivity index (χ2n) is 4.92. The van der Waals surface area contributed by atoms with Crippen LogP contribution in [-0.2, 0) is 6.42 Å². The van der Waals surface area contributed by atoms with Crippen molar-refractivity contribution < 1.29 is 0 Å². The molecule has 1 fully saturated rings. The minimum atomic E-state index is 0.701. The highest BCUT2D eigenvalue weighted by Crippen LogP contribution is 2.09. The van der Waals surface area contributed by atoms with Crippen LogP contribution in [-0.4, -0.2) is 37.1 Å². The molecule has 0 bridgehead atoms. The molecule has 2 heteroatoms. The number of hydrogen-bond donors (Lipinski definition) is 1. The molecule has 1 heterocycles. The largest absolute Gasteiger partial charge is 0.312 e. The molecule has 2 nitrogen and oxygen atoms in total. The number of hydrogen-bond acceptors (Lipinski definition) is 2. The SMILES string of the molecule is CCN1CCCC(NCCc2ccccc2)C1. The predicted molar refractivity (Wildman–Crippen MR) is 73.3 cm³/mol. The van der Waals surface area contributed by atoms with Crippen molar-refractivity contribution in [2.75, 3.05) is 26.2 Å². The van der Waals surface area contributed by atoms with Crippen molar-refractivity contribution in [1.29, 1.82) is 0 Å². The number of benzene rings is 1. The van der Waals surface area contributed by atoms with Gasteiger partial charge < -0.3 is 10.2 Å². The summed E-state index contributed by atoms with van der Waals surface area (Å²) in [6.07, 6.45) is 3.82. The predicted octanol–water partition coefficient (Wildman–Crippen LogP) is 2.30. The summed E-state index contributed by atoms with van der Waals surface area (Å²) >= 11 is 0. The van der Waals surface area contributed by atoms with Gasteiger partial charge in [-0.15, -0.1) is 0 Å². The first kappa shape index (κ1) is 12.6. The fraction of sp³-hybridized carbons (Fsp3) is 0.600. The summed E-state index contributed by atoms with van der Waals surface area (Å²) in [6.45, 7) is 7.06. The quantitative estimate of drug-likeness (QED) is 0.838. The number of likely N-dealkylation sites (tertiary alicyclic amines) is 1. The Kier molecular flexibility index (Phi) is 5.02. The Morgan fingerprint density at radius 1 is 1.29 bits per heavy atom. The molecule has 1 aromatic rings. The normalized spacial score (nSPS) is 21.6. The minimum absolute atomic E-state index is 0.701. The average Bonchev–Trinajstić information content (AvgIpc) is 2.40. The third-order valence-corrected chi connectivity index (χ3v) is 3.64. The summed E-state index contributed by atoms with van der Waals surface area (Å²) in [5.41, 5.74) is 1.43. The van der Waals surface area contributed by atoms with Gasteiger partial charge in [-0.05, 0) is 44.5 Å². The van der Waals surface area contributed by atoms with E-state index in [1.807, 2.05) is 0 Å². The van der Waals surface area contributed by atoms with Gasteiger partial charge in [0, 0.05) is 12.6 Å². The second kappa shape index (κ2) is 6.77. The smallest absolute Gasteiger partial charge is 0.0195 e. The first-order chi connectivity index (χ1) is 8.38. The van der Waals surface area contributed by atoms with Gasteiger partial charge in [-0.1, -0.05) is 37.3 Å². The van der Waals surface area contributed by atoms with E-state index in [-0.39, 0.29) is 0 Å². The summed E-state index contributed by atoms with van der Waals surface area (Å²) in [4.78, 5) is 2.55. The van der Waals surface area contributed by atoms with Crippen molar-refractivity contribution in [1.82, 2.24) is 10.2 Å². The molecule has 0 radical (unpaired) electrons. The molecule has 1 N–H and O–H groups in total. The number of piperidine rings is 1. The fourth-order valence-electron chi connectivity index (χ4n) is 2.57. The van der Waals surface area contributed by atoms with Crippen LogP contribution in [0.15, 0.2) is 30.3 Å². The summed E-state index contributed by atoms with van der Waals surface area (Å²) in [5.74, 6) is 0. The van der Waals surface area contributed by atoms with Gasteiger partial charge in [0.1, 0.15) is 0 Å². The molecule has 1 aliphatic heterocycles. The van der Waals surface area contributed by atoms with Crippen LogP contribution in [0.1, 0.15) is 25.3 Å². The van der Waals surface area contributed by atoms with Crippen molar-refractivity contribution in [2.45, 2.75) is 32.2 Å². The van der Waals surface area contributed by atoms with Crippen LogP contribution in [0.2, 0.25) is 0 Å². The van der Waals surface area contributed by atoms with Gasteiger partial charge in [-0.25, -0.2) is 0 Å². The molecule has 17 heavy (non-hydrogen) atoms. The van der Waals surface area contributed by atoms with Crippen LogP contribution in [0, 0.1) is 0 Å². The van der Waals surface area contributed by atoms with Gasteiger partial charge in [0.15, 0.2) is 0 Å². The standard InChI is InChI=1S/C15H24N2/c1-2-17-12-6-9-15(13-17)16-11-10-14-7-4-3-5-8-14/h3-5,7-8,15-16H,2,6,9-13H2,1H3. The Bertz CT molecular complexity index is 310. The van der Waals surface area contributed by atoms with Crippen molar-refractivity contribution in [3.8, 4) is 0 Å². The van der Waals surface area contributed by atoms with E-state index in [1.165, 1.54) is 38.0 Å². The fourth-order valence-corrected chi connectivity index (χ4v) is 2.57. The zero-order valence-electron chi connectivity index (χ0n) is 10.9. The van der Waals surface area contributed by atoms with E-state index in [2.05, 4.69) is 47.5 Å². The summed E-state index contributed by atoms with van der Waals surface area (Å²) < 4.78 is 0. The maximum atomic E-state index is 3.69. The molecule has 0 saturated carbocycles. The first-order valence-electron chi connectivity index (χ1n) is 6.88. The highest BCUT2D eigenvalue weighted by molar-refractivity contribution is 5.14. The highest BCUT2D eigenvalue weighted by atomic mass is 15.2. The van der Waals surface area contributed by atoms with Gasteiger partial charge >= 0.3 is 0 Å². The van der Waals surface area contributed by atoms with E-state index < -0.39 is 0 Å². The van der Waals surface area contributed by atoms with Crippen molar-refractivity contribution >= 4 is 0 Å². The van der Waals surface area contributed by atoms with E-state index in [9.17, 15) is 0 Å². The lowest BCUT2D eigenvalue weighted by atomic mass is 10.1. The van der Waals surface area contributed by atoms with E-state index in [1.54, 1.807) is 0 Å². The second-order valence-corrected chi connectivity index (χ2v) is 4.92. The molecule has 0 spiro atoms. The molecule has 1 unspecified atom stereocenters. The van der Waals surface area contributed by atoms with E-state index >= 15 is 0 Å². The maximum Gasteiger partial charge on any atom is 0.0195 e. The summed E-state index contributed by atoms with van der Waals surface area (Å²) in [5, 5.41) is 3.69. The molecule has 1 aliphatic rings. The monoisotopic (exact) mass is 232 g/mol. The van der Waals surface area contributed by atoms with Crippen LogP contribution < -0.4 is 5.32 Å². The molecule has 1 atom stereocenters. The van der Waals surface area contributed by atoms with Gasteiger partial charge in [0.25, 0.3) is 0 Å². The number of nitrogens with zero attached hydrogens (tertiary/aromatic N) is 1. The van der Waals surface area contributed by atoms with Crippen LogP contribution in [0.25, 0.3) is 0 Å². The molecule has 1 aromatic carbocycles. The molecule has 0 aromatic heterocycles. The number of nitrogens with one attached hydrogen (secondary N) is 1. The molecule has 2 rings (SSSR count). The molecule has 0 aliphatic carbocycles. The van der Waals surface area contributed by atoms with Crippen LogP contribution in [0.5, 0.6) is 0 Å². The number of rotatable bonds is 5. The number of likely N-dealkylation sites (N-methyl/N-ethyl adjacent to an activating group) is 1. The summed E-state index contributed by atoms with van der Waals surface area (Å²) in [6, 6.07) is 11.4. The average molecular weight is 232 g/mol. The Morgan fingerprint density at radius 2 is 2.12 bits per heavy atom. The minimum Gasteiger partial charge on any atom is -0.312 e. The molecule has 0 amide bonds. The Morgan fingerprint density at radius 3 is 2.88 bits per heavy atom. The van der Waals surface area contributed by atoms with Crippen molar-refractivity contribution in [3.63, 3.8) is 0 Å². The zero-order valence-corrected chi connectivity index (χ0v) is 10.9. The third kappa shape index (κ3) is 4.14. The first-order valence-corrected chi connectivity index (χ1v) is 6.88. The Hall–Kier alpha value is -0.860. The van der Waals surface area contributed by atoms with Gasteiger partial charge in [0.2, 0.25) is 0 Å². The van der Waals surface area contributed by atoms with E-state index in [0.29, 0.717) is 6.04 Å². The van der Waals surface area contributed by atoms with Crippen molar-refractivity contribution in [2.24, 2.45) is 0 Å². The Labute approximate surface area is 105 Å². The molecule has 1 saturated heterocycles. The van der Waals surface area contributed by atoms with Gasteiger partial charge in [-0.3, -0.25) is 0 Å². The third-order valence-electron chi connectivity index (χ3n) is 3.64. The lowest BCUT2D eigenvalue weighted by molar-refractivity contribution is 0.199. The van der Waals surface area contributed by atoms with Gasteiger partial charge in [0.05, 0.1) is 0 Å². The van der Waals surface area contributed by atoms with E-state index in [0.717, 1.165) is 13.0 Å². The highest BCUT2D eigenvalue weighted by Gasteiger charge is 2.17. The summed E-state index contributed by atoms with van der Waals surface area (Å²) in [7, 11) is 0. The van der Waals surface area contributed by atoms with Crippen LogP contribution in [0.3, 0.4) is 0 Å². The lowest BCUT2D eigenvalue weighted by Crippen LogP contribution is -2.46. The van der Waals surface area contributed by atoms with E-state index in [4.69, 9.17) is 0 Å². The molecular formula is C15H24N2. The molecule has 94 valence electrons.